The second-order valence-corrected chi connectivity index (χ2v) is 7.15. The van der Waals surface area contributed by atoms with E-state index in [0.717, 1.165) is 33.6 Å². The number of amides is 1. The number of aryl methyl sites for hydroxylation is 2. The second-order valence-electron chi connectivity index (χ2n) is 7.15. The molecule has 26 heavy (non-hydrogen) atoms. The van der Waals surface area contributed by atoms with Crippen molar-refractivity contribution in [2.45, 2.75) is 45.4 Å². The molecular weight excluding hydrogens is 330 g/mol. The van der Waals surface area contributed by atoms with Crippen molar-refractivity contribution in [2.24, 2.45) is 0 Å². The van der Waals surface area contributed by atoms with Gasteiger partial charge in [0.2, 0.25) is 0 Å². The largest absolute Gasteiger partial charge is 0.480 e. The number of fused-ring (bicyclic) bond motifs is 2. The third-order valence-corrected chi connectivity index (χ3v) is 5.44. The van der Waals surface area contributed by atoms with E-state index in [-0.39, 0.29) is 5.91 Å². The Morgan fingerprint density at radius 2 is 1.73 bits per heavy atom. The molecule has 0 spiro atoms. The van der Waals surface area contributed by atoms with Crippen LogP contribution in [0.3, 0.4) is 0 Å². The van der Waals surface area contributed by atoms with Gasteiger partial charge in [0.15, 0.2) is 6.10 Å². The minimum absolute atomic E-state index is 0.251. The fraction of sp³-hybridized carbons (Fsp3) is 0.333. The topological polar surface area (TPSA) is 66.8 Å². The second kappa shape index (κ2) is 6.16. The van der Waals surface area contributed by atoms with Crippen molar-refractivity contribution in [3.8, 4) is 5.75 Å². The van der Waals surface area contributed by atoms with Gasteiger partial charge in [-0.15, -0.1) is 0 Å². The first kappa shape index (κ1) is 16.6. The highest BCUT2D eigenvalue weighted by atomic mass is 16.5. The number of carboxylic acid groups (broad SMARTS) is 1. The summed E-state index contributed by atoms with van der Waals surface area (Å²) in [6, 6.07) is 10.8. The summed E-state index contributed by atoms with van der Waals surface area (Å²) < 4.78 is 5.89. The third kappa shape index (κ3) is 2.73. The van der Waals surface area contributed by atoms with E-state index in [1.54, 1.807) is 0 Å². The van der Waals surface area contributed by atoms with E-state index in [1.165, 1.54) is 4.90 Å². The van der Waals surface area contributed by atoms with Crippen LogP contribution in [0.15, 0.2) is 36.4 Å². The van der Waals surface area contributed by atoms with E-state index in [1.807, 2.05) is 44.2 Å². The number of benzene rings is 2. The van der Waals surface area contributed by atoms with Crippen molar-refractivity contribution in [3.05, 3.63) is 64.2 Å². The summed E-state index contributed by atoms with van der Waals surface area (Å²) in [5, 5.41) is 9.64. The summed E-state index contributed by atoms with van der Waals surface area (Å²) in [5.41, 5.74) is 5.28. The average molecular weight is 351 g/mol. The summed E-state index contributed by atoms with van der Waals surface area (Å²) in [4.78, 5) is 26.3. The lowest BCUT2D eigenvalue weighted by atomic mass is 9.93. The summed E-state index contributed by atoms with van der Waals surface area (Å²) in [5.74, 6) is -0.496. The molecule has 4 rings (SSSR count). The Morgan fingerprint density at radius 1 is 1.04 bits per heavy atom. The Bertz CT molecular complexity index is 874. The SMILES string of the molecule is Cc1cc2c(cc1C)OC(C(=O)N1Cc3ccccc3CC1C(=O)O)C2. The maximum atomic E-state index is 13.1. The minimum atomic E-state index is -0.977. The number of carbonyl (C=O) groups excluding carboxylic acids is 1. The van der Waals surface area contributed by atoms with Crippen LogP contribution in [0.25, 0.3) is 0 Å². The lowest BCUT2D eigenvalue weighted by molar-refractivity contribution is -0.154. The smallest absolute Gasteiger partial charge is 0.326 e. The molecule has 2 aromatic carbocycles. The molecule has 5 nitrogen and oxygen atoms in total. The zero-order chi connectivity index (χ0) is 18.4. The van der Waals surface area contributed by atoms with E-state index in [4.69, 9.17) is 4.74 Å². The van der Waals surface area contributed by atoms with Crippen LogP contribution in [-0.4, -0.2) is 34.0 Å². The Morgan fingerprint density at radius 3 is 2.46 bits per heavy atom. The monoisotopic (exact) mass is 351 g/mol. The molecule has 2 unspecified atom stereocenters. The summed E-state index contributed by atoms with van der Waals surface area (Å²) >= 11 is 0. The molecule has 0 fully saturated rings. The van der Waals surface area contributed by atoms with Crippen LogP contribution in [0.2, 0.25) is 0 Å². The number of ether oxygens (including phenoxy) is 1. The normalized spacial score (nSPS) is 20.9. The molecule has 0 saturated carbocycles. The third-order valence-electron chi connectivity index (χ3n) is 5.44. The van der Waals surface area contributed by atoms with Crippen molar-refractivity contribution in [1.82, 2.24) is 4.90 Å². The van der Waals surface area contributed by atoms with Crippen molar-refractivity contribution in [2.75, 3.05) is 0 Å². The number of rotatable bonds is 2. The Hall–Kier alpha value is -2.82. The fourth-order valence-electron chi connectivity index (χ4n) is 3.81. The van der Waals surface area contributed by atoms with Gasteiger partial charge in [-0.05, 0) is 47.7 Å². The Balaban J connectivity index is 1.60. The highest BCUT2D eigenvalue weighted by Gasteiger charge is 2.40. The molecule has 134 valence electrons. The zero-order valence-electron chi connectivity index (χ0n) is 14.9. The molecule has 0 aliphatic carbocycles. The van der Waals surface area contributed by atoms with Crippen molar-refractivity contribution in [1.29, 1.82) is 0 Å². The maximum absolute atomic E-state index is 13.1. The predicted octanol–water partition coefficient (Wildman–Crippen LogP) is 2.65. The first-order valence-electron chi connectivity index (χ1n) is 8.81. The Labute approximate surface area is 152 Å². The van der Waals surface area contributed by atoms with Gasteiger partial charge in [-0.25, -0.2) is 4.79 Å². The van der Waals surface area contributed by atoms with Gasteiger partial charge in [0.1, 0.15) is 11.8 Å². The molecule has 1 amide bonds. The number of hydrogen-bond acceptors (Lipinski definition) is 3. The zero-order valence-corrected chi connectivity index (χ0v) is 14.9. The standard InChI is InChI=1S/C21H21NO4/c1-12-7-16-10-19(26-18(16)8-13(12)2)20(23)22-11-15-6-4-3-5-14(15)9-17(22)21(24)25/h3-8,17,19H,9-11H2,1-2H3,(H,24,25). The van der Waals surface area contributed by atoms with Gasteiger partial charge in [-0.1, -0.05) is 30.3 Å². The van der Waals surface area contributed by atoms with Gasteiger partial charge in [0, 0.05) is 19.4 Å². The molecular formula is C21H21NO4. The molecule has 2 heterocycles. The number of nitrogens with zero attached hydrogens (tertiary/aromatic N) is 1. The number of hydrogen-bond donors (Lipinski definition) is 1. The van der Waals surface area contributed by atoms with E-state index in [9.17, 15) is 14.7 Å². The van der Waals surface area contributed by atoms with Crippen LogP contribution >= 0.6 is 0 Å². The molecule has 0 bridgehead atoms. The van der Waals surface area contributed by atoms with Crippen LogP contribution in [0.5, 0.6) is 5.75 Å². The molecule has 2 atom stereocenters. The van der Waals surface area contributed by atoms with E-state index < -0.39 is 18.1 Å². The van der Waals surface area contributed by atoms with E-state index in [0.29, 0.717) is 19.4 Å². The van der Waals surface area contributed by atoms with Crippen LogP contribution in [0.1, 0.15) is 27.8 Å². The first-order valence-corrected chi connectivity index (χ1v) is 8.81. The van der Waals surface area contributed by atoms with E-state index in [2.05, 4.69) is 6.07 Å². The van der Waals surface area contributed by atoms with Gasteiger partial charge >= 0.3 is 5.97 Å². The summed E-state index contributed by atoms with van der Waals surface area (Å²) in [7, 11) is 0. The van der Waals surface area contributed by atoms with E-state index >= 15 is 0 Å². The molecule has 5 heteroatoms. The molecule has 0 aromatic heterocycles. The predicted molar refractivity (Wildman–Crippen MR) is 96.2 cm³/mol. The summed E-state index contributed by atoms with van der Waals surface area (Å²) in [6.45, 7) is 4.35. The van der Waals surface area contributed by atoms with Crippen molar-refractivity contribution >= 4 is 11.9 Å². The van der Waals surface area contributed by atoms with Crippen LogP contribution in [0, 0.1) is 13.8 Å². The van der Waals surface area contributed by atoms with Gasteiger partial charge < -0.3 is 14.7 Å². The highest BCUT2D eigenvalue weighted by Crippen LogP contribution is 2.33. The van der Waals surface area contributed by atoms with Crippen molar-refractivity contribution in [3.63, 3.8) is 0 Å². The fourth-order valence-corrected chi connectivity index (χ4v) is 3.81. The number of carbonyl (C=O) groups is 2. The lowest BCUT2D eigenvalue weighted by Gasteiger charge is -2.35. The molecule has 2 aliphatic rings. The molecule has 1 N–H and O–H groups in total. The van der Waals surface area contributed by atoms with Crippen LogP contribution in [0.4, 0.5) is 0 Å². The van der Waals surface area contributed by atoms with Gasteiger partial charge in [-0.3, -0.25) is 4.79 Å². The lowest BCUT2D eigenvalue weighted by Crippen LogP contribution is -2.52. The Kier molecular flexibility index (Phi) is 3.94. The van der Waals surface area contributed by atoms with Crippen molar-refractivity contribution < 1.29 is 19.4 Å². The van der Waals surface area contributed by atoms with Crippen LogP contribution < -0.4 is 4.74 Å². The molecule has 2 aliphatic heterocycles. The number of aliphatic carboxylic acids is 1. The van der Waals surface area contributed by atoms with Gasteiger partial charge in [0.05, 0.1) is 0 Å². The molecule has 0 radical (unpaired) electrons. The van der Waals surface area contributed by atoms with Gasteiger partial charge in [-0.2, -0.15) is 0 Å². The summed E-state index contributed by atoms with van der Waals surface area (Å²) in [6.07, 6.45) is 0.160. The van der Waals surface area contributed by atoms with Gasteiger partial charge in [0.25, 0.3) is 5.91 Å². The first-order chi connectivity index (χ1) is 12.4. The average Bonchev–Trinajstić information content (AvgIpc) is 3.03. The van der Waals surface area contributed by atoms with Crippen LogP contribution in [-0.2, 0) is 29.0 Å². The highest BCUT2D eigenvalue weighted by molar-refractivity contribution is 5.88. The minimum Gasteiger partial charge on any atom is -0.480 e. The maximum Gasteiger partial charge on any atom is 0.326 e. The quantitative estimate of drug-likeness (QED) is 0.903. The molecule has 0 saturated heterocycles. The molecule has 2 aromatic rings. The number of carboxylic acids is 1.